The second-order valence-electron chi connectivity index (χ2n) is 5.02. The zero-order chi connectivity index (χ0) is 13.1. The van der Waals surface area contributed by atoms with Gasteiger partial charge in [-0.1, -0.05) is 6.92 Å². The molecule has 1 unspecified atom stereocenters. The highest BCUT2D eigenvalue weighted by Gasteiger charge is 2.17. The third-order valence-electron chi connectivity index (χ3n) is 3.75. The fourth-order valence-corrected chi connectivity index (χ4v) is 2.15. The lowest BCUT2D eigenvalue weighted by molar-refractivity contribution is 0.0923. The fraction of sp³-hybridized carbons (Fsp3) is 0.533. The Morgan fingerprint density at radius 2 is 2.28 bits per heavy atom. The normalized spacial score (nSPS) is 15.3. The summed E-state index contributed by atoms with van der Waals surface area (Å²) in [7, 11) is 2.00. The predicted octanol–water partition coefficient (Wildman–Crippen LogP) is 2.53. The summed E-state index contributed by atoms with van der Waals surface area (Å²) in [6.07, 6.45) is 1.97. The van der Waals surface area contributed by atoms with Crippen molar-refractivity contribution >= 4 is 5.78 Å². The van der Waals surface area contributed by atoms with E-state index in [9.17, 15) is 4.79 Å². The van der Waals surface area contributed by atoms with E-state index in [1.165, 1.54) is 0 Å². The maximum Gasteiger partial charge on any atom is 0.176 e. The molecule has 0 saturated carbocycles. The van der Waals surface area contributed by atoms with Crippen LogP contribution in [0.3, 0.4) is 0 Å². The minimum atomic E-state index is 0.188. The van der Waals surface area contributed by atoms with Gasteiger partial charge >= 0.3 is 0 Å². The standard InChI is InChI=1S/C15H21NO2/c1-4-11(2)16(3)10-14(17)12-5-6-15-13(9-12)7-8-18-15/h5-6,9,11H,4,7-8,10H2,1-3H3. The summed E-state index contributed by atoms with van der Waals surface area (Å²) < 4.78 is 5.45. The van der Waals surface area contributed by atoms with Crippen LogP contribution in [0.15, 0.2) is 18.2 Å². The van der Waals surface area contributed by atoms with Crippen LogP contribution in [-0.2, 0) is 6.42 Å². The number of likely N-dealkylation sites (N-methyl/N-ethyl adjacent to an activating group) is 1. The Morgan fingerprint density at radius 3 is 3.00 bits per heavy atom. The van der Waals surface area contributed by atoms with Gasteiger partial charge in [-0.3, -0.25) is 9.69 Å². The Balaban J connectivity index is 2.05. The van der Waals surface area contributed by atoms with Crippen molar-refractivity contribution in [2.75, 3.05) is 20.2 Å². The highest BCUT2D eigenvalue weighted by molar-refractivity contribution is 5.98. The number of Topliss-reactive ketones (excluding diaryl/α,β-unsaturated/α-hetero) is 1. The lowest BCUT2D eigenvalue weighted by atomic mass is 10.0. The van der Waals surface area contributed by atoms with E-state index in [1.54, 1.807) is 0 Å². The molecule has 0 aromatic heterocycles. The predicted molar refractivity (Wildman–Crippen MR) is 72.4 cm³/mol. The molecule has 0 bridgehead atoms. The molecule has 1 aliphatic rings. The lowest BCUT2D eigenvalue weighted by Crippen LogP contribution is -2.33. The average molecular weight is 247 g/mol. The smallest absolute Gasteiger partial charge is 0.176 e. The molecule has 1 aliphatic heterocycles. The van der Waals surface area contributed by atoms with Gasteiger partial charge in [0, 0.05) is 18.0 Å². The molecule has 0 fully saturated rings. The molecule has 0 spiro atoms. The molecule has 0 radical (unpaired) electrons. The number of hydrogen-bond acceptors (Lipinski definition) is 3. The van der Waals surface area contributed by atoms with Crippen molar-refractivity contribution in [1.82, 2.24) is 4.90 Å². The van der Waals surface area contributed by atoms with Crippen LogP contribution in [0.5, 0.6) is 5.75 Å². The van der Waals surface area contributed by atoms with E-state index in [1.807, 2.05) is 25.2 Å². The van der Waals surface area contributed by atoms with Crippen LogP contribution in [-0.4, -0.2) is 36.9 Å². The second kappa shape index (κ2) is 5.53. The summed E-state index contributed by atoms with van der Waals surface area (Å²) in [6.45, 7) is 5.50. The fourth-order valence-electron chi connectivity index (χ4n) is 2.15. The molecule has 0 aliphatic carbocycles. The zero-order valence-electron chi connectivity index (χ0n) is 11.4. The Hall–Kier alpha value is -1.35. The first-order valence-electron chi connectivity index (χ1n) is 6.61. The van der Waals surface area contributed by atoms with Crippen molar-refractivity contribution in [2.24, 2.45) is 0 Å². The van der Waals surface area contributed by atoms with Gasteiger partial charge in [-0.25, -0.2) is 0 Å². The number of hydrogen-bond donors (Lipinski definition) is 0. The van der Waals surface area contributed by atoms with Crippen LogP contribution in [0, 0.1) is 0 Å². The summed E-state index contributed by atoms with van der Waals surface area (Å²) in [5.41, 5.74) is 1.96. The molecule has 0 N–H and O–H groups in total. The van der Waals surface area contributed by atoms with E-state index >= 15 is 0 Å². The van der Waals surface area contributed by atoms with Crippen LogP contribution >= 0.6 is 0 Å². The third kappa shape index (κ3) is 2.72. The van der Waals surface area contributed by atoms with E-state index < -0.39 is 0 Å². The van der Waals surface area contributed by atoms with Crippen molar-refractivity contribution in [3.8, 4) is 5.75 Å². The molecule has 3 heteroatoms. The summed E-state index contributed by atoms with van der Waals surface area (Å²) in [6, 6.07) is 6.21. The molecule has 1 aromatic carbocycles. The largest absolute Gasteiger partial charge is 0.493 e. The first kappa shape index (κ1) is 13.1. The Bertz CT molecular complexity index is 442. The highest BCUT2D eigenvalue weighted by Crippen LogP contribution is 2.26. The van der Waals surface area contributed by atoms with Crippen molar-refractivity contribution in [1.29, 1.82) is 0 Å². The van der Waals surface area contributed by atoms with Gasteiger partial charge < -0.3 is 4.74 Å². The number of rotatable bonds is 5. The molecule has 98 valence electrons. The maximum atomic E-state index is 12.2. The van der Waals surface area contributed by atoms with Crippen LogP contribution in [0.25, 0.3) is 0 Å². The number of carbonyl (C=O) groups is 1. The number of fused-ring (bicyclic) bond motifs is 1. The van der Waals surface area contributed by atoms with Gasteiger partial charge in [0.2, 0.25) is 0 Å². The Kier molecular flexibility index (Phi) is 4.02. The van der Waals surface area contributed by atoms with Gasteiger partial charge in [0.1, 0.15) is 5.75 Å². The quantitative estimate of drug-likeness (QED) is 0.749. The molecular weight excluding hydrogens is 226 g/mol. The molecule has 0 saturated heterocycles. The Morgan fingerprint density at radius 1 is 1.50 bits per heavy atom. The molecule has 3 nitrogen and oxygen atoms in total. The number of nitrogens with zero attached hydrogens (tertiary/aromatic N) is 1. The van der Waals surface area contributed by atoms with E-state index in [0.29, 0.717) is 12.6 Å². The van der Waals surface area contributed by atoms with Gasteiger partial charge in [-0.15, -0.1) is 0 Å². The molecular formula is C15H21NO2. The molecule has 2 rings (SSSR count). The van der Waals surface area contributed by atoms with E-state index in [0.717, 1.165) is 36.3 Å². The molecule has 1 heterocycles. The molecule has 1 aromatic rings. The van der Waals surface area contributed by atoms with Crippen LogP contribution in [0.2, 0.25) is 0 Å². The molecule has 0 amide bonds. The van der Waals surface area contributed by atoms with Gasteiger partial charge in [-0.05, 0) is 44.2 Å². The SMILES string of the molecule is CCC(C)N(C)CC(=O)c1ccc2c(c1)CCO2. The van der Waals surface area contributed by atoms with Gasteiger partial charge in [0.15, 0.2) is 5.78 Å². The average Bonchev–Trinajstić information content (AvgIpc) is 2.84. The van der Waals surface area contributed by atoms with Crippen LogP contribution in [0.4, 0.5) is 0 Å². The van der Waals surface area contributed by atoms with Crippen molar-refractivity contribution in [2.45, 2.75) is 32.7 Å². The van der Waals surface area contributed by atoms with Crippen molar-refractivity contribution < 1.29 is 9.53 Å². The minimum Gasteiger partial charge on any atom is -0.493 e. The van der Waals surface area contributed by atoms with Gasteiger partial charge in [0.25, 0.3) is 0 Å². The topological polar surface area (TPSA) is 29.5 Å². The van der Waals surface area contributed by atoms with Crippen molar-refractivity contribution in [3.63, 3.8) is 0 Å². The van der Waals surface area contributed by atoms with E-state index in [4.69, 9.17) is 4.74 Å². The highest BCUT2D eigenvalue weighted by atomic mass is 16.5. The zero-order valence-corrected chi connectivity index (χ0v) is 11.4. The number of ketones is 1. The second-order valence-corrected chi connectivity index (χ2v) is 5.02. The summed E-state index contributed by atoms with van der Waals surface area (Å²) in [4.78, 5) is 14.3. The van der Waals surface area contributed by atoms with Gasteiger partial charge in [-0.2, -0.15) is 0 Å². The third-order valence-corrected chi connectivity index (χ3v) is 3.75. The summed E-state index contributed by atoms with van der Waals surface area (Å²) >= 11 is 0. The summed E-state index contributed by atoms with van der Waals surface area (Å²) in [5, 5.41) is 0. The molecule has 1 atom stereocenters. The maximum absolute atomic E-state index is 12.2. The Labute approximate surface area is 109 Å². The molecule has 18 heavy (non-hydrogen) atoms. The minimum absolute atomic E-state index is 0.188. The van der Waals surface area contributed by atoms with E-state index in [-0.39, 0.29) is 5.78 Å². The lowest BCUT2D eigenvalue weighted by Gasteiger charge is -2.22. The first-order valence-corrected chi connectivity index (χ1v) is 6.61. The number of benzene rings is 1. The van der Waals surface area contributed by atoms with E-state index in [2.05, 4.69) is 18.7 Å². The summed E-state index contributed by atoms with van der Waals surface area (Å²) in [5.74, 6) is 1.12. The number of carbonyl (C=O) groups excluding carboxylic acids is 1. The monoisotopic (exact) mass is 247 g/mol. The first-order chi connectivity index (χ1) is 8.61. The number of ether oxygens (including phenoxy) is 1. The van der Waals surface area contributed by atoms with Crippen molar-refractivity contribution in [3.05, 3.63) is 29.3 Å². The van der Waals surface area contributed by atoms with Crippen LogP contribution < -0.4 is 4.74 Å². The van der Waals surface area contributed by atoms with Gasteiger partial charge in [0.05, 0.1) is 13.2 Å². The van der Waals surface area contributed by atoms with Crippen LogP contribution in [0.1, 0.15) is 36.2 Å².